The molecule has 1 N–H and O–H groups in total. The van der Waals surface area contributed by atoms with Gasteiger partial charge in [-0.2, -0.15) is 0 Å². The number of nitrogens with one attached hydrogen (secondary N) is 1. The molecule has 6 heteroatoms. The van der Waals surface area contributed by atoms with Crippen LogP contribution in [0.5, 0.6) is 5.75 Å². The van der Waals surface area contributed by atoms with E-state index in [9.17, 15) is 9.59 Å². The summed E-state index contributed by atoms with van der Waals surface area (Å²) in [7, 11) is 0. The third-order valence-electron chi connectivity index (χ3n) is 3.78. The molecule has 1 atom stereocenters. The zero-order chi connectivity index (χ0) is 18.0. The molecule has 1 aliphatic rings. The standard InChI is InChI=1S/C19H19N3O3/c1-12(2)11-22-16-9-15(6-7-17(16)25-13(3)19(22)24)21-18(23)14-5-4-8-20-10-14/h4-10,13H,1,11H2,2-3H3,(H,21,23). The molecule has 1 aliphatic heterocycles. The van der Waals surface area contributed by atoms with Crippen molar-refractivity contribution in [1.29, 1.82) is 0 Å². The number of fused-ring (bicyclic) bond motifs is 1. The number of aromatic nitrogens is 1. The topological polar surface area (TPSA) is 71.5 Å². The number of nitrogens with zero attached hydrogens (tertiary/aromatic N) is 2. The van der Waals surface area contributed by atoms with Crippen molar-refractivity contribution in [1.82, 2.24) is 4.98 Å². The zero-order valence-electron chi connectivity index (χ0n) is 14.2. The SMILES string of the molecule is C=C(C)CN1C(=O)C(C)Oc2ccc(NC(=O)c3cccnc3)cc21. The minimum absolute atomic E-state index is 0.133. The van der Waals surface area contributed by atoms with Crippen molar-refractivity contribution in [2.75, 3.05) is 16.8 Å². The Hall–Kier alpha value is -3.15. The fourth-order valence-electron chi connectivity index (χ4n) is 2.62. The van der Waals surface area contributed by atoms with Gasteiger partial charge in [0.2, 0.25) is 0 Å². The summed E-state index contributed by atoms with van der Waals surface area (Å²) in [5.74, 6) is 0.204. The maximum absolute atomic E-state index is 12.4. The Morgan fingerprint density at radius 3 is 2.88 bits per heavy atom. The van der Waals surface area contributed by atoms with E-state index in [0.29, 0.717) is 29.2 Å². The van der Waals surface area contributed by atoms with E-state index in [0.717, 1.165) is 5.57 Å². The number of hydrogen-bond acceptors (Lipinski definition) is 4. The van der Waals surface area contributed by atoms with Crippen molar-refractivity contribution >= 4 is 23.2 Å². The third kappa shape index (κ3) is 3.52. The van der Waals surface area contributed by atoms with Gasteiger partial charge in [0.15, 0.2) is 6.10 Å². The number of benzene rings is 1. The first kappa shape index (κ1) is 16.7. The molecular formula is C19H19N3O3. The van der Waals surface area contributed by atoms with Gasteiger partial charge in [-0.15, -0.1) is 0 Å². The predicted molar refractivity (Wildman–Crippen MR) is 95.9 cm³/mol. The van der Waals surface area contributed by atoms with E-state index in [-0.39, 0.29) is 11.8 Å². The molecule has 0 spiro atoms. The molecule has 2 heterocycles. The van der Waals surface area contributed by atoms with Crippen LogP contribution in [0.2, 0.25) is 0 Å². The van der Waals surface area contributed by atoms with Crippen LogP contribution in [0.25, 0.3) is 0 Å². The molecule has 2 aromatic rings. The summed E-state index contributed by atoms with van der Waals surface area (Å²) in [6.07, 6.45) is 2.55. The highest BCUT2D eigenvalue weighted by molar-refractivity contribution is 6.05. The van der Waals surface area contributed by atoms with Gasteiger partial charge in [0.1, 0.15) is 5.75 Å². The van der Waals surface area contributed by atoms with Crippen LogP contribution in [-0.4, -0.2) is 29.4 Å². The monoisotopic (exact) mass is 337 g/mol. The number of ether oxygens (including phenoxy) is 1. The highest BCUT2D eigenvalue weighted by Gasteiger charge is 2.31. The Bertz CT molecular complexity index is 833. The second-order valence-electron chi connectivity index (χ2n) is 6.02. The van der Waals surface area contributed by atoms with Crippen LogP contribution in [0.1, 0.15) is 24.2 Å². The van der Waals surface area contributed by atoms with Gasteiger partial charge in [-0.25, -0.2) is 0 Å². The van der Waals surface area contributed by atoms with E-state index in [1.165, 1.54) is 6.20 Å². The molecule has 0 fully saturated rings. The van der Waals surface area contributed by atoms with E-state index >= 15 is 0 Å². The quantitative estimate of drug-likeness (QED) is 0.871. The average molecular weight is 337 g/mol. The van der Waals surface area contributed by atoms with Crippen molar-refractivity contribution in [3.8, 4) is 5.75 Å². The van der Waals surface area contributed by atoms with E-state index in [1.807, 2.05) is 6.92 Å². The van der Waals surface area contributed by atoms with Gasteiger partial charge in [-0.3, -0.25) is 14.6 Å². The van der Waals surface area contributed by atoms with Crippen LogP contribution in [0.15, 0.2) is 54.9 Å². The lowest BCUT2D eigenvalue weighted by Gasteiger charge is -2.33. The molecule has 0 aliphatic carbocycles. The number of hydrogen-bond donors (Lipinski definition) is 1. The van der Waals surface area contributed by atoms with Crippen LogP contribution in [0.3, 0.4) is 0 Å². The molecule has 0 bridgehead atoms. The molecule has 128 valence electrons. The van der Waals surface area contributed by atoms with E-state index < -0.39 is 6.10 Å². The fraction of sp³-hybridized carbons (Fsp3) is 0.211. The molecule has 3 rings (SSSR count). The number of amides is 2. The molecule has 1 unspecified atom stereocenters. The first-order valence-corrected chi connectivity index (χ1v) is 7.93. The van der Waals surface area contributed by atoms with Crippen LogP contribution in [0.4, 0.5) is 11.4 Å². The van der Waals surface area contributed by atoms with Crippen LogP contribution < -0.4 is 15.0 Å². The van der Waals surface area contributed by atoms with E-state index in [1.54, 1.807) is 48.4 Å². The lowest BCUT2D eigenvalue weighted by atomic mass is 10.1. The maximum atomic E-state index is 12.4. The Morgan fingerprint density at radius 2 is 2.20 bits per heavy atom. The summed E-state index contributed by atoms with van der Waals surface area (Å²) >= 11 is 0. The first-order chi connectivity index (χ1) is 12.0. The van der Waals surface area contributed by atoms with Crippen molar-refractivity contribution < 1.29 is 14.3 Å². The predicted octanol–water partition coefficient (Wildman–Crippen LogP) is 3.02. The molecule has 1 aromatic carbocycles. The van der Waals surface area contributed by atoms with Crippen molar-refractivity contribution in [3.63, 3.8) is 0 Å². The second kappa shape index (κ2) is 6.76. The molecule has 0 radical (unpaired) electrons. The highest BCUT2D eigenvalue weighted by Crippen LogP contribution is 2.36. The number of rotatable bonds is 4. The van der Waals surface area contributed by atoms with Crippen LogP contribution in [0, 0.1) is 0 Å². The van der Waals surface area contributed by atoms with Gasteiger partial charge in [0, 0.05) is 24.6 Å². The molecule has 6 nitrogen and oxygen atoms in total. The lowest BCUT2D eigenvalue weighted by Crippen LogP contribution is -2.45. The average Bonchev–Trinajstić information content (AvgIpc) is 2.60. The third-order valence-corrected chi connectivity index (χ3v) is 3.78. The summed E-state index contributed by atoms with van der Waals surface area (Å²) in [5, 5.41) is 2.81. The van der Waals surface area contributed by atoms with Gasteiger partial charge in [0.05, 0.1) is 11.3 Å². The molecule has 1 aromatic heterocycles. The lowest BCUT2D eigenvalue weighted by molar-refractivity contribution is -0.125. The minimum atomic E-state index is -0.553. The number of carbonyl (C=O) groups excluding carboxylic acids is 2. The van der Waals surface area contributed by atoms with Gasteiger partial charge in [-0.1, -0.05) is 12.2 Å². The van der Waals surface area contributed by atoms with Gasteiger partial charge in [0.25, 0.3) is 11.8 Å². The molecule has 0 saturated heterocycles. The Labute approximate surface area is 146 Å². The normalized spacial score (nSPS) is 16.0. The number of pyridine rings is 1. The summed E-state index contributed by atoms with van der Waals surface area (Å²) < 4.78 is 5.66. The van der Waals surface area contributed by atoms with E-state index in [4.69, 9.17) is 4.74 Å². The molecule has 2 amide bonds. The first-order valence-electron chi connectivity index (χ1n) is 7.93. The second-order valence-corrected chi connectivity index (χ2v) is 6.02. The molecular weight excluding hydrogens is 318 g/mol. The van der Waals surface area contributed by atoms with Gasteiger partial charge in [-0.05, 0) is 44.2 Å². The highest BCUT2D eigenvalue weighted by atomic mass is 16.5. The van der Waals surface area contributed by atoms with E-state index in [2.05, 4.69) is 16.9 Å². The van der Waals surface area contributed by atoms with Crippen LogP contribution >= 0.6 is 0 Å². The Balaban J connectivity index is 1.90. The van der Waals surface area contributed by atoms with Crippen molar-refractivity contribution in [3.05, 3.63) is 60.4 Å². The summed E-state index contributed by atoms with van der Waals surface area (Å²) in [5.41, 5.74) is 2.51. The summed E-state index contributed by atoms with van der Waals surface area (Å²) in [4.78, 5) is 30.3. The number of carbonyl (C=O) groups is 2. The smallest absolute Gasteiger partial charge is 0.268 e. The van der Waals surface area contributed by atoms with Crippen LogP contribution in [-0.2, 0) is 4.79 Å². The van der Waals surface area contributed by atoms with Gasteiger partial charge < -0.3 is 15.0 Å². The van der Waals surface area contributed by atoms with Crippen molar-refractivity contribution in [2.24, 2.45) is 0 Å². The minimum Gasteiger partial charge on any atom is -0.479 e. The zero-order valence-corrected chi connectivity index (χ0v) is 14.2. The summed E-state index contributed by atoms with van der Waals surface area (Å²) in [6.45, 7) is 7.86. The molecule has 25 heavy (non-hydrogen) atoms. The maximum Gasteiger partial charge on any atom is 0.268 e. The largest absolute Gasteiger partial charge is 0.479 e. The van der Waals surface area contributed by atoms with Crippen molar-refractivity contribution in [2.45, 2.75) is 20.0 Å². The number of anilines is 2. The Kier molecular flexibility index (Phi) is 4.52. The molecule has 0 saturated carbocycles. The Morgan fingerprint density at radius 1 is 1.40 bits per heavy atom. The summed E-state index contributed by atoms with van der Waals surface area (Å²) in [6, 6.07) is 8.61. The van der Waals surface area contributed by atoms with Gasteiger partial charge >= 0.3 is 0 Å². The fourth-order valence-corrected chi connectivity index (χ4v) is 2.62.